The lowest BCUT2D eigenvalue weighted by Crippen LogP contribution is -2.22. The summed E-state index contributed by atoms with van der Waals surface area (Å²) in [7, 11) is 0. The summed E-state index contributed by atoms with van der Waals surface area (Å²) >= 11 is 0. The molecule has 2 unspecified atom stereocenters. The highest BCUT2D eigenvalue weighted by Gasteiger charge is 2.32. The molecule has 0 bridgehead atoms. The van der Waals surface area contributed by atoms with Gasteiger partial charge in [-0.05, 0) is 23.8 Å². The third kappa shape index (κ3) is 3.20. The Bertz CT molecular complexity index is 468. The molecule has 0 saturated carbocycles. The fourth-order valence-corrected chi connectivity index (χ4v) is 1.37. The van der Waals surface area contributed by atoms with Crippen molar-refractivity contribution in [3.63, 3.8) is 0 Å². The summed E-state index contributed by atoms with van der Waals surface area (Å²) in [5, 5.41) is 35.9. The molecule has 0 aliphatic rings. The highest BCUT2D eigenvalue weighted by atomic mass is 19.4. The monoisotopic (exact) mass is 261 g/mol. The predicted octanol–water partition coefficient (Wildman–Crippen LogP) is 0.964. The Hall–Kier alpha value is -1.62. The van der Waals surface area contributed by atoms with E-state index in [0.717, 1.165) is 6.07 Å². The first kappa shape index (κ1) is 14.4. The van der Waals surface area contributed by atoms with Crippen molar-refractivity contribution in [1.82, 2.24) is 0 Å². The molecule has 0 radical (unpaired) electrons. The lowest BCUT2D eigenvalue weighted by molar-refractivity contribution is -0.137. The summed E-state index contributed by atoms with van der Waals surface area (Å²) in [6.45, 7) is -0.806. The molecule has 0 fully saturated rings. The van der Waals surface area contributed by atoms with E-state index >= 15 is 0 Å². The average Bonchev–Trinajstić information content (AvgIpc) is 2.35. The second kappa shape index (κ2) is 5.35. The van der Waals surface area contributed by atoms with Crippen molar-refractivity contribution >= 4 is 0 Å². The summed E-state index contributed by atoms with van der Waals surface area (Å²) in [6, 6.07) is 3.83. The van der Waals surface area contributed by atoms with Crippen molar-refractivity contribution in [3.05, 3.63) is 34.9 Å². The summed E-state index contributed by atoms with van der Waals surface area (Å²) < 4.78 is 37.6. The maximum atomic E-state index is 12.5. The van der Waals surface area contributed by atoms with Gasteiger partial charge in [-0.3, -0.25) is 0 Å². The Morgan fingerprint density at radius 1 is 1.22 bits per heavy atom. The van der Waals surface area contributed by atoms with Crippen molar-refractivity contribution in [2.75, 3.05) is 6.61 Å². The van der Waals surface area contributed by atoms with Gasteiger partial charge in [0.05, 0.1) is 23.8 Å². The van der Waals surface area contributed by atoms with Gasteiger partial charge in [-0.2, -0.15) is 18.4 Å². The van der Waals surface area contributed by atoms with Gasteiger partial charge in [0.15, 0.2) is 0 Å². The van der Waals surface area contributed by atoms with Crippen molar-refractivity contribution in [2.45, 2.75) is 18.4 Å². The number of benzene rings is 1. The number of aliphatic hydroxyl groups is 3. The smallest absolute Gasteiger partial charge is 0.394 e. The quantitative estimate of drug-likeness (QED) is 0.756. The van der Waals surface area contributed by atoms with Gasteiger partial charge in [0, 0.05) is 0 Å². The van der Waals surface area contributed by atoms with Crippen LogP contribution in [0.1, 0.15) is 22.8 Å². The SMILES string of the molecule is N#Cc1cc(C(O)C(O)CO)cc(C(F)(F)F)c1. The van der Waals surface area contributed by atoms with Gasteiger partial charge >= 0.3 is 6.18 Å². The summed E-state index contributed by atoms with van der Waals surface area (Å²) in [5.74, 6) is 0. The summed E-state index contributed by atoms with van der Waals surface area (Å²) in [4.78, 5) is 0. The van der Waals surface area contributed by atoms with E-state index in [-0.39, 0.29) is 11.1 Å². The number of nitriles is 1. The Kier molecular flexibility index (Phi) is 4.29. The highest BCUT2D eigenvalue weighted by molar-refractivity contribution is 5.39. The number of aliphatic hydroxyl groups excluding tert-OH is 3. The molecular weight excluding hydrogens is 251 g/mol. The largest absolute Gasteiger partial charge is 0.416 e. The minimum absolute atomic E-state index is 0.275. The number of alkyl halides is 3. The van der Waals surface area contributed by atoms with E-state index in [1.54, 1.807) is 0 Å². The van der Waals surface area contributed by atoms with Gasteiger partial charge in [0.25, 0.3) is 0 Å². The maximum Gasteiger partial charge on any atom is 0.416 e. The Balaban J connectivity index is 3.25. The van der Waals surface area contributed by atoms with E-state index in [1.807, 2.05) is 0 Å². The Morgan fingerprint density at radius 2 is 1.83 bits per heavy atom. The zero-order valence-electron chi connectivity index (χ0n) is 9.02. The van der Waals surface area contributed by atoms with Crippen molar-refractivity contribution in [3.8, 4) is 6.07 Å². The molecule has 1 aromatic carbocycles. The zero-order chi connectivity index (χ0) is 13.9. The normalized spacial score (nSPS) is 14.9. The van der Waals surface area contributed by atoms with Crippen LogP contribution in [0.4, 0.5) is 13.2 Å². The molecule has 7 heteroatoms. The average molecular weight is 261 g/mol. The van der Waals surface area contributed by atoms with Crippen LogP contribution in [-0.2, 0) is 6.18 Å². The van der Waals surface area contributed by atoms with Crippen LogP contribution in [0.2, 0.25) is 0 Å². The van der Waals surface area contributed by atoms with Crippen LogP contribution in [-0.4, -0.2) is 28.0 Å². The molecule has 2 atom stereocenters. The molecule has 4 nitrogen and oxygen atoms in total. The fourth-order valence-electron chi connectivity index (χ4n) is 1.37. The minimum Gasteiger partial charge on any atom is -0.394 e. The summed E-state index contributed by atoms with van der Waals surface area (Å²) in [6.07, 6.45) is -7.96. The number of hydrogen-bond donors (Lipinski definition) is 3. The Morgan fingerprint density at radius 3 is 2.28 bits per heavy atom. The highest BCUT2D eigenvalue weighted by Crippen LogP contribution is 2.32. The molecule has 0 spiro atoms. The molecular formula is C11H10F3NO3. The standard InChI is InChI=1S/C11H10F3NO3/c12-11(13,14)8-2-6(4-15)1-7(3-8)10(18)9(17)5-16/h1-3,9-10,16-18H,5H2. The lowest BCUT2D eigenvalue weighted by atomic mass is 9.99. The van der Waals surface area contributed by atoms with E-state index < -0.39 is 30.6 Å². The van der Waals surface area contributed by atoms with Crippen LogP contribution in [0.15, 0.2) is 18.2 Å². The van der Waals surface area contributed by atoms with E-state index in [0.29, 0.717) is 12.1 Å². The van der Waals surface area contributed by atoms with E-state index in [9.17, 15) is 23.4 Å². The number of hydrogen-bond acceptors (Lipinski definition) is 4. The minimum atomic E-state index is -4.66. The maximum absolute atomic E-state index is 12.5. The van der Waals surface area contributed by atoms with E-state index in [1.165, 1.54) is 6.07 Å². The summed E-state index contributed by atoms with van der Waals surface area (Å²) in [5.41, 5.74) is -1.66. The Labute approximate surface area is 101 Å². The first-order chi connectivity index (χ1) is 8.29. The van der Waals surface area contributed by atoms with Gasteiger partial charge in [-0.1, -0.05) is 0 Å². The predicted molar refractivity (Wildman–Crippen MR) is 54.2 cm³/mol. The van der Waals surface area contributed by atoms with Gasteiger partial charge in [-0.25, -0.2) is 0 Å². The fraction of sp³-hybridized carbons (Fsp3) is 0.364. The van der Waals surface area contributed by atoms with Crippen LogP contribution in [0.25, 0.3) is 0 Å². The molecule has 18 heavy (non-hydrogen) atoms. The van der Waals surface area contributed by atoms with Crippen LogP contribution in [0, 0.1) is 11.3 Å². The van der Waals surface area contributed by atoms with E-state index in [4.69, 9.17) is 10.4 Å². The topological polar surface area (TPSA) is 84.5 Å². The molecule has 3 N–H and O–H groups in total. The molecule has 1 rings (SSSR count). The molecule has 98 valence electrons. The van der Waals surface area contributed by atoms with E-state index in [2.05, 4.69) is 0 Å². The van der Waals surface area contributed by atoms with Crippen LogP contribution >= 0.6 is 0 Å². The van der Waals surface area contributed by atoms with Gasteiger partial charge in [0.2, 0.25) is 0 Å². The molecule has 0 saturated heterocycles. The molecule has 0 aromatic heterocycles. The second-order valence-corrected chi connectivity index (χ2v) is 3.65. The first-order valence-corrected chi connectivity index (χ1v) is 4.89. The molecule has 0 heterocycles. The van der Waals surface area contributed by atoms with Crippen molar-refractivity contribution in [1.29, 1.82) is 5.26 Å². The van der Waals surface area contributed by atoms with Crippen LogP contribution < -0.4 is 0 Å². The number of nitrogens with zero attached hydrogens (tertiary/aromatic N) is 1. The molecule has 0 aliphatic carbocycles. The third-order valence-electron chi connectivity index (χ3n) is 2.30. The van der Waals surface area contributed by atoms with Gasteiger partial charge < -0.3 is 15.3 Å². The molecule has 1 aromatic rings. The van der Waals surface area contributed by atoms with Crippen molar-refractivity contribution in [2.24, 2.45) is 0 Å². The van der Waals surface area contributed by atoms with Crippen LogP contribution in [0.3, 0.4) is 0 Å². The first-order valence-electron chi connectivity index (χ1n) is 4.89. The third-order valence-corrected chi connectivity index (χ3v) is 2.30. The van der Waals surface area contributed by atoms with Crippen LogP contribution in [0.5, 0.6) is 0 Å². The number of halogens is 3. The number of rotatable bonds is 3. The van der Waals surface area contributed by atoms with Gasteiger partial charge in [-0.15, -0.1) is 0 Å². The lowest BCUT2D eigenvalue weighted by Gasteiger charge is -2.17. The van der Waals surface area contributed by atoms with Crippen molar-refractivity contribution < 1.29 is 28.5 Å². The molecule has 0 aliphatic heterocycles. The zero-order valence-corrected chi connectivity index (χ0v) is 9.02. The molecule has 0 amide bonds. The van der Waals surface area contributed by atoms with Gasteiger partial charge in [0.1, 0.15) is 12.2 Å². The second-order valence-electron chi connectivity index (χ2n) is 3.65.